The topological polar surface area (TPSA) is 4.41 Å². The number of rotatable bonds is 1. The van der Waals surface area contributed by atoms with Gasteiger partial charge in [0.05, 0.1) is 0 Å². The van der Waals surface area contributed by atoms with Crippen LogP contribution >= 0.6 is 0 Å². The number of aryl methyl sites for hydroxylation is 1. The number of fused-ring (bicyclic) bond motifs is 1. The molecule has 2 aromatic rings. The summed E-state index contributed by atoms with van der Waals surface area (Å²) in [4.78, 5) is 2.08. The second-order valence-electron chi connectivity index (χ2n) is 5.21. The summed E-state index contributed by atoms with van der Waals surface area (Å²) in [5, 5.41) is 0. The molecule has 0 N–H and O–H groups in total. The minimum absolute atomic E-state index is 0.172. The van der Waals surface area contributed by atoms with Crippen LogP contribution < -0.4 is 0 Å². The molecule has 0 bridgehead atoms. The number of pyridine rings is 1. The molecule has 0 aliphatic carbocycles. The Labute approximate surface area is 105 Å². The van der Waals surface area contributed by atoms with Crippen LogP contribution in [-0.2, 0) is 5.41 Å². The molecular weight excluding hydrogens is 261 g/mol. The monoisotopic (exact) mass is 279 g/mol. The van der Waals surface area contributed by atoms with Gasteiger partial charge < -0.3 is 0 Å². The molecule has 16 heavy (non-hydrogen) atoms. The van der Waals surface area contributed by atoms with Crippen molar-refractivity contribution in [3.05, 3.63) is 41.2 Å². The molecule has 1 nitrogen and oxygen atoms in total. The Kier molecular flexibility index (Phi) is 2.81. The first-order valence-corrected chi connectivity index (χ1v) is 6.51. The Hall–Kier alpha value is -0.851. The van der Waals surface area contributed by atoms with E-state index in [2.05, 4.69) is 77.0 Å². The van der Waals surface area contributed by atoms with Gasteiger partial charge in [-0.15, -0.1) is 0 Å². The van der Waals surface area contributed by atoms with Crippen molar-refractivity contribution in [1.82, 2.24) is 4.40 Å². The predicted molar refractivity (Wildman–Crippen MR) is 71.8 cm³/mol. The molecule has 0 aromatic carbocycles. The molecule has 0 fully saturated rings. The summed E-state index contributed by atoms with van der Waals surface area (Å²) in [5.74, 6) is 0. The standard InChI is InChI=1S/C14H17NSe/c1-10-11-7-5-6-8-15(11)12(9-16)13(10)14(2,3)4/h5-9H,1-4H3. The van der Waals surface area contributed by atoms with E-state index >= 15 is 0 Å². The summed E-state index contributed by atoms with van der Waals surface area (Å²) in [6, 6.07) is 6.35. The zero-order valence-electron chi connectivity index (χ0n) is 10.2. The van der Waals surface area contributed by atoms with Crippen molar-refractivity contribution >= 4 is 26.0 Å². The van der Waals surface area contributed by atoms with Crippen molar-refractivity contribution in [3.8, 4) is 0 Å². The van der Waals surface area contributed by atoms with Gasteiger partial charge in [0, 0.05) is 0 Å². The van der Waals surface area contributed by atoms with Gasteiger partial charge in [-0.1, -0.05) is 0 Å². The third-order valence-electron chi connectivity index (χ3n) is 3.00. The average molecular weight is 278 g/mol. The van der Waals surface area contributed by atoms with E-state index in [0.29, 0.717) is 0 Å². The van der Waals surface area contributed by atoms with Crippen LogP contribution in [0, 0.1) is 6.92 Å². The maximum atomic E-state index is 3.03. The third kappa shape index (κ3) is 1.66. The second kappa shape index (κ2) is 3.87. The summed E-state index contributed by atoms with van der Waals surface area (Å²) in [6.45, 7) is 9.01. The van der Waals surface area contributed by atoms with Crippen LogP contribution in [0.1, 0.15) is 37.6 Å². The molecule has 0 unspecified atom stereocenters. The first-order valence-electron chi connectivity index (χ1n) is 5.52. The van der Waals surface area contributed by atoms with Gasteiger partial charge in [0.2, 0.25) is 0 Å². The maximum absolute atomic E-state index is 3.03. The van der Waals surface area contributed by atoms with E-state index in [4.69, 9.17) is 0 Å². The van der Waals surface area contributed by atoms with E-state index in [1.54, 1.807) is 0 Å². The van der Waals surface area contributed by atoms with Crippen molar-refractivity contribution in [2.45, 2.75) is 33.1 Å². The first kappa shape index (κ1) is 11.6. The van der Waals surface area contributed by atoms with Crippen molar-refractivity contribution in [1.29, 1.82) is 0 Å². The molecule has 0 spiro atoms. The molecule has 0 aliphatic heterocycles. The summed E-state index contributed by atoms with van der Waals surface area (Å²) < 4.78 is 2.26. The van der Waals surface area contributed by atoms with Gasteiger partial charge in [-0.2, -0.15) is 0 Å². The van der Waals surface area contributed by atoms with E-state index in [1.807, 2.05) is 0 Å². The third-order valence-corrected chi connectivity index (χ3v) is 3.46. The number of hydrogen-bond donors (Lipinski definition) is 0. The van der Waals surface area contributed by atoms with Crippen LogP contribution in [0.25, 0.3) is 5.52 Å². The van der Waals surface area contributed by atoms with E-state index in [-0.39, 0.29) is 5.41 Å². The van der Waals surface area contributed by atoms with Crippen LogP contribution in [0.3, 0.4) is 0 Å². The van der Waals surface area contributed by atoms with E-state index in [0.717, 1.165) is 0 Å². The Morgan fingerprint density at radius 3 is 2.50 bits per heavy atom. The van der Waals surface area contributed by atoms with Crippen molar-refractivity contribution in [3.63, 3.8) is 0 Å². The summed E-state index contributed by atoms with van der Waals surface area (Å²) in [7, 11) is 0. The SMILES string of the molecule is Cc1c(C(C)(C)C)c(C=[Se])n2ccccc12. The van der Waals surface area contributed by atoms with Gasteiger partial charge in [-0.3, -0.25) is 0 Å². The summed E-state index contributed by atoms with van der Waals surface area (Å²) in [6.07, 6.45) is 2.13. The quantitative estimate of drug-likeness (QED) is 0.707. The number of nitrogens with zero attached hydrogens (tertiary/aromatic N) is 1. The fraction of sp³-hybridized carbons (Fsp3) is 0.357. The number of aromatic nitrogens is 1. The number of hydrogen-bond acceptors (Lipinski definition) is 0. The van der Waals surface area contributed by atoms with Crippen molar-refractivity contribution in [2.75, 3.05) is 0 Å². The molecule has 0 radical (unpaired) electrons. The van der Waals surface area contributed by atoms with Gasteiger partial charge in [0.15, 0.2) is 0 Å². The van der Waals surface area contributed by atoms with Crippen LogP contribution in [0.4, 0.5) is 0 Å². The Morgan fingerprint density at radius 2 is 1.94 bits per heavy atom. The zero-order valence-corrected chi connectivity index (χ0v) is 12.0. The fourth-order valence-electron chi connectivity index (χ4n) is 2.46. The van der Waals surface area contributed by atoms with Crippen LogP contribution in [-0.4, -0.2) is 24.9 Å². The van der Waals surface area contributed by atoms with Crippen molar-refractivity contribution in [2.24, 2.45) is 0 Å². The van der Waals surface area contributed by atoms with E-state index in [1.165, 1.54) is 22.3 Å². The van der Waals surface area contributed by atoms with Crippen LogP contribution in [0.15, 0.2) is 24.4 Å². The summed E-state index contributed by atoms with van der Waals surface area (Å²) in [5.41, 5.74) is 5.56. The van der Waals surface area contributed by atoms with E-state index in [9.17, 15) is 0 Å². The molecule has 0 saturated heterocycles. The molecule has 2 heteroatoms. The molecular formula is C14H17NSe. The molecule has 0 amide bonds. The first-order chi connectivity index (χ1) is 7.46. The molecule has 84 valence electrons. The predicted octanol–water partition coefficient (Wildman–Crippen LogP) is 2.86. The fourth-order valence-corrected chi connectivity index (χ4v) is 2.95. The van der Waals surface area contributed by atoms with Gasteiger partial charge in [0.25, 0.3) is 0 Å². The zero-order chi connectivity index (χ0) is 11.9. The van der Waals surface area contributed by atoms with Crippen LogP contribution in [0.2, 0.25) is 0 Å². The van der Waals surface area contributed by atoms with Crippen LogP contribution in [0.5, 0.6) is 0 Å². The van der Waals surface area contributed by atoms with Gasteiger partial charge in [-0.25, -0.2) is 0 Å². The van der Waals surface area contributed by atoms with Gasteiger partial charge >= 0.3 is 105 Å². The molecule has 2 aromatic heterocycles. The summed E-state index contributed by atoms with van der Waals surface area (Å²) >= 11 is 3.03. The average Bonchev–Trinajstić information content (AvgIpc) is 2.51. The van der Waals surface area contributed by atoms with Gasteiger partial charge in [0.1, 0.15) is 0 Å². The second-order valence-corrected chi connectivity index (χ2v) is 5.70. The Balaban J connectivity index is 2.93. The molecule has 0 saturated carbocycles. The van der Waals surface area contributed by atoms with Crippen molar-refractivity contribution < 1.29 is 0 Å². The molecule has 2 heterocycles. The van der Waals surface area contributed by atoms with E-state index < -0.39 is 0 Å². The molecule has 0 atom stereocenters. The minimum atomic E-state index is 0.172. The molecule has 0 aliphatic rings. The Bertz CT molecular complexity index is 544. The van der Waals surface area contributed by atoms with Gasteiger partial charge in [-0.05, 0) is 0 Å². The normalized spacial score (nSPS) is 12.0. The Morgan fingerprint density at radius 1 is 1.25 bits per heavy atom. The molecule has 2 rings (SSSR count).